The van der Waals surface area contributed by atoms with Gasteiger partial charge < -0.3 is 19.5 Å². The predicted octanol–water partition coefficient (Wildman–Crippen LogP) is 1.57. The van der Waals surface area contributed by atoms with Gasteiger partial charge in [0, 0.05) is 20.1 Å². The molecule has 1 fully saturated rings. The molecule has 1 aliphatic heterocycles. The highest BCUT2D eigenvalue weighted by Gasteiger charge is 2.25. The average molecular weight is 372 g/mol. The van der Waals surface area contributed by atoms with Crippen LogP contribution in [-0.4, -0.2) is 61.9 Å². The SMILES string of the molecule is CNCC1CCCN(C(=O)CN(C)C(=O)c2ccc(Br)o2)C1. The highest BCUT2D eigenvalue weighted by atomic mass is 79.9. The van der Waals surface area contributed by atoms with E-state index >= 15 is 0 Å². The summed E-state index contributed by atoms with van der Waals surface area (Å²) in [6.07, 6.45) is 2.15. The second-order valence-corrected chi connectivity index (χ2v) is 6.45. The van der Waals surface area contributed by atoms with Crippen molar-refractivity contribution in [3.05, 3.63) is 22.6 Å². The lowest BCUT2D eigenvalue weighted by Crippen LogP contribution is -2.46. The van der Waals surface area contributed by atoms with Gasteiger partial charge in [-0.3, -0.25) is 9.59 Å². The number of likely N-dealkylation sites (tertiary alicyclic amines) is 1. The molecule has 0 aromatic carbocycles. The fourth-order valence-corrected chi connectivity index (χ4v) is 3.05. The lowest BCUT2D eigenvalue weighted by atomic mass is 9.98. The van der Waals surface area contributed by atoms with Crippen LogP contribution in [0, 0.1) is 5.92 Å². The van der Waals surface area contributed by atoms with E-state index in [-0.39, 0.29) is 24.1 Å². The smallest absolute Gasteiger partial charge is 0.289 e. The van der Waals surface area contributed by atoms with Gasteiger partial charge in [-0.05, 0) is 60.4 Å². The molecule has 0 spiro atoms. The van der Waals surface area contributed by atoms with Crippen molar-refractivity contribution in [2.24, 2.45) is 5.92 Å². The molecule has 1 aliphatic rings. The predicted molar refractivity (Wildman–Crippen MR) is 86.6 cm³/mol. The van der Waals surface area contributed by atoms with Gasteiger partial charge in [0.15, 0.2) is 10.4 Å². The molecule has 7 heteroatoms. The van der Waals surface area contributed by atoms with E-state index in [9.17, 15) is 9.59 Å². The molecule has 1 saturated heterocycles. The molecule has 0 saturated carbocycles. The van der Waals surface area contributed by atoms with Crippen LogP contribution >= 0.6 is 15.9 Å². The number of hydrogen-bond acceptors (Lipinski definition) is 4. The second-order valence-electron chi connectivity index (χ2n) is 5.67. The zero-order valence-corrected chi connectivity index (χ0v) is 14.6. The summed E-state index contributed by atoms with van der Waals surface area (Å²) in [6.45, 7) is 2.52. The van der Waals surface area contributed by atoms with Gasteiger partial charge in [-0.15, -0.1) is 0 Å². The maximum absolute atomic E-state index is 12.4. The monoisotopic (exact) mass is 371 g/mol. The number of piperidine rings is 1. The molecular weight excluding hydrogens is 350 g/mol. The van der Waals surface area contributed by atoms with Crippen LogP contribution in [0.3, 0.4) is 0 Å². The quantitative estimate of drug-likeness (QED) is 0.852. The van der Waals surface area contributed by atoms with E-state index in [1.165, 1.54) is 4.90 Å². The molecule has 2 amide bonds. The van der Waals surface area contributed by atoms with Gasteiger partial charge in [-0.25, -0.2) is 0 Å². The largest absolute Gasteiger partial charge is 0.444 e. The Balaban J connectivity index is 1.89. The highest BCUT2D eigenvalue weighted by Crippen LogP contribution is 2.17. The first kappa shape index (κ1) is 17.0. The third kappa shape index (κ3) is 4.33. The Bertz CT molecular complexity index is 530. The Morgan fingerprint density at radius 1 is 1.50 bits per heavy atom. The Morgan fingerprint density at radius 2 is 2.27 bits per heavy atom. The first-order valence-corrected chi connectivity index (χ1v) is 8.23. The molecule has 0 aliphatic carbocycles. The molecule has 122 valence electrons. The molecule has 0 bridgehead atoms. The first-order valence-electron chi connectivity index (χ1n) is 7.44. The molecule has 1 N–H and O–H groups in total. The minimum atomic E-state index is -0.289. The van der Waals surface area contributed by atoms with Crippen molar-refractivity contribution in [2.45, 2.75) is 12.8 Å². The van der Waals surface area contributed by atoms with Crippen LogP contribution < -0.4 is 5.32 Å². The van der Waals surface area contributed by atoms with Crippen LogP contribution in [0.15, 0.2) is 21.2 Å². The molecule has 0 radical (unpaired) electrons. The van der Waals surface area contributed by atoms with E-state index in [0.717, 1.165) is 32.5 Å². The Kier molecular flexibility index (Phi) is 6.02. The summed E-state index contributed by atoms with van der Waals surface area (Å²) < 4.78 is 5.74. The Morgan fingerprint density at radius 3 is 2.91 bits per heavy atom. The van der Waals surface area contributed by atoms with Crippen molar-refractivity contribution in [3.63, 3.8) is 0 Å². The van der Waals surface area contributed by atoms with Gasteiger partial charge in [-0.1, -0.05) is 0 Å². The summed E-state index contributed by atoms with van der Waals surface area (Å²) in [5, 5.41) is 3.16. The fraction of sp³-hybridized carbons (Fsp3) is 0.600. The summed E-state index contributed by atoms with van der Waals surface area (Å²) in [5.41, 5.74) is 0. The van der Waals surface area contributed by atoms with E-state index in [4.69, 9.17) is 4.42 Å². The van der Waals surface area contributed by atoms with Crippen molar-refractivity contribution in [1.82, 2.24) is 15.1 Å². The van der Waals surface area contributed by atoms with Crippen molar-refractivity contribution >= 4 is 27.7 Å². The van der Waals surface area contributed by atoms with Crippen LogP contribution in [0.4, 0.5) is 0 Å². The summed E-state index contributed by atoms with van der Waals surface area (Å²) in [7, 11) is 3.54. The maximum Gasteiger partial charge on any atom is 0.289 e. The minimum absolute atomic E-state index is 0.0118. The summed E-state index contributed by atoms with van der Waals surface area (Å²) in [6, 6.07) is 3.26. The molecule has 1 aromatic rings. The van der Waals surface area contributed by atoms with E-state index in [1.54, 1.807) is 19.2 Å². The number of hydrogen-bond donors (Lipinski definition) is 1. The normalized spacial score (nSPS) is 18.3. The van der Waals surface area contributed by atoms with E-state index < -0.39 is 0 Å². The van der Waals surface area contributed by atoms with Crippen LogP contribution in [0.1, 0.15) is 23.4 Å². The fourth-order valence-electron chi connectivity index (χ4n) is 2.74. The molecule has 1 aromatic heterocycles. The van der Waals surface area contributed by atoms with Gasteiger partial charge in [0.25, 0.3) is 5.91 Å². The zero-order valence-electron chi connectivity index (χ0n) is 13.0. The number of nitrogens with zero attached hydrogens (tertiary/aromatic N) is 2. The lowest BCUT2D eigenvalue weighted by molar-refractivity contribution is -0.133. The molecule has 1 unspecified atom stereocenters. The van der Waals surface area contributed by atoms with Crippen molar-refractivity contribution in [1.29, 1.82) is 0 Å². The number of halogens is 1. The molecule has 1 atom stereocenters. The lowest BCUT2D eigenvalue weighted by Gasteiger charge is -2.33. The summed E-state index contributed by atoms with van der Waals surface area (Å²) >= 11 is 3.17. The topological polar surface area (TPSA) is 65.8 Å². The van der Waals surface area contributed by atoms with Crippen LogP contribution in [0.25, 0.3) is 0 Å². The van der Waals surface area contributed by atoms with Gasteiger partial charge in [0.05, 0.1) is 6.54 Å². The van der Waals surface area contributed by atoms with Crippen LogP contribution in [0.5, 0.6) is 0 Å². The van der Waals surface area contributed by atoms with Gasteiger partial charge >= 0.3 is 0 Å². The van der Waals surface area contributed by atoms with Crippen molar-refractivity contribution in [3.8, 4) is 0 Å². The number of furan rings is 1. The summed E-state index contributed by atoms with van der Waals surface area (Å²) in [5.74, 6) is 0.420. The Hall–Kier alpha value is -1.34. The van der Waals surface area contributed by atoms with Crippen molar-refractivity contribution in [2.75, 3.05) is 40.3 Å². The molecular formula is C15H22BrN3O3. The number of rotatable bonds is 5. The van der Waals surface area contributed by atoms with Gasteiger partial charge in [0.1, 0.15) is 0 Å². The number of amides is 2. The zero-order chi connectivity index (χ0) is 16.1. The maximum atomic E-state index is 12.4. The second kappa shape index (κ2) is 7.78. The summed E-state index contributed by atoms with van der Waals surface area (Å²) in [4.78, 5) is 27.8. The number of carbonyl (C=O) groups is 2. The standard InChI is InChI=1S/C15H22BrN3O3/c1-17-8-11-4-3-7-19(9-11)14(20)10-18(2)15(21)12-5-6-13(16)22-12/h5-6,11,17H,3-4,7-10H2,1-2H3. The Labute approximate surface area is 138 Å². The third-order valence-electron chi connectivity index (χ3n) is 3.87. The van der Waals surface area contributed by atoms with Gasteiger partial charge in [-0.2, -0.15) is 0 Å². The van der Waals surface area contributed by atoms with Crippen molar-refractivity contribution < 1.29 is 14.0 Å². The third-order valence-corrected chi connectivity index (χ3v) is 4.29. The molecule has 2 heterocycles. The van der Waals surface area contributed by atoms with Crippen LogP contribution in [0.2, 0.25) is 0 Å². The molecule has 22 heavy (non-hydrogen) atoms. The molecule has 2 rings (SSSR count). The van der Waals surface area contributed by atoms with E-state index in [0.29, 0.717) is 10.6 Å². The first-order chi connectivity index (χ1) is 10.5. The molecule has 6 nitrogen and oxygen atoms in total. The number of carbonyl (C=O) groups excluding carboxylic acids is 2. The van der Waals surface area contributed by atoms with E-state index in [2.05, 4.69) is 21.2 Å². The highest BCUT2D eigenvalue weighted by molar-refractivity contribution is 9.10. The number of likely N-dealkylation sites (N-methyl/N-ethyl adjacent to an activating group) is 1. The van der Waals surface area contributed by atoms with Gasteiger partial charge in [0.2, 0.25) is 5.91 Å². The number of nitrogens with one attached hydrogen (secondary N) is 1. The minimum Gasteiger partial charge on any atom is -0.444 e. The average Bonchev–Trinajstić information content (AvgIpc) is 2.93. The van der Waals surface area contributed by atoms with E-state index in [1.807, 2.05) is 11.9 Å². The van der Waals surface area contributed by atoms with Crippen LogP contribution in [-0.2, 0) is 4.79 Å².